The predicted octanol–water partition coefficient (Wildman–Crippen LogP) is 4.73. The van der Waals surface area contributed by atoms with Gasteiger partial charge in [-0.15, -0.1) is 0 Å². The number of nitrogens with zero attached hydrogens (tertiary/aromatic N) is 1. The number of carbonyl (C=O) groups excluding carboxylic acids is 1. The van der Waals surface area contributed by atoms with E-state index in [1.165, 1.54) is 25.7 Å². The minimum Gasteiger partial charge on any atom is -0.349 e. The quantitative estimate of drug-likeness (QED) is 0.673. The summed E-state index contributed by atoms with van der Waals surface area (Å²) in [6.45, 7) is 10.6. The fourth-order valence-corrected chi connectivity index (χ4v) is 3.39. The van der Waals surface area contributed by atoms with E-state index in [0.29, 0.717) is 17.2 Å². The van der Waals surface area contributed by atoms with Crippen molar-refractivity contribution in [3.05, 3.63) is 0 Å². The van der Waals surface area contributed by atoms with E-state index in [4.69, 9.17) is 0 Å². The molecule has 1 spiro atoms. The van der Waals surface area contributed by atoms with Crippen LogP contribution in [0.2, 0.25) is 0 Å². The molecule has 0 aromatic carbocycles. The van der Waals surface area contributed by atoms with Gasteiger partial charge in [0, 0.05) is 20.0 Å². The van der Waals surface area contributed by atoms with Crippen molar-refractivity contribution in [1.82, 2.24) is 4.90 Å². The molecule has 0 aromatic rings. The van der Waals surface area contributed by atoms with Gasteiger partial charge in [-0.2, -0.15) is 0 Å². The van der Waals surface area contributed by atoms with Gasteiger partial charge in [-0.05, 0) is 37.0 Å². The van der Waals surface area contributed by atoms with E-state index in [1.807, 2.05) is 27.9 Å². The molecule has 2 saturated carbocycles. The molecule has 1 atom stereocenters. The normalized spacial score (nSPS) is 31.5. The van der Waals surface area contributed by atoms with Crippen LogP contribution in [-0.4, -0.2) is 24.9 Å². The third-order valence-electron chi connectivity index (χ3n) is 4.10. The molecule has 114 valence electrons. The maximum Gasteiger partial charge on any atom is 0.225 e. The van der Waals surface area contributed by atoms with Gasteiger partial charge in [0.1, 0.15) is 0 Å². The standard InChI is InChI=1S/C12H21NO.C3H8.C2H6/c1-9-4-5-12(6-9)7-10(8-12)11(14)13(2)3;1-3-2;1-2/h9-10H,4-8H2,1-3H3;3H2,1-2H3;1-2H3. The van der Waals surface area contributed by atoms with Crippen molar-refractivity contribution >= 4 is 5.91 Å². The van der Waals surface area contributed by atoms with Crippen molar-refractivity contribution < 1.29 is 4.79 Å². The molecule has 1 unspecified atom stereocenters. The van der Waals surface area contributed by atoms with Gasteiger partial charge >= 0.3 is 0 Å². The molecule has 0 heterocycles. The summed E-state index contributed by atoms with van der Waals surface area (Å²) >= 11 is 0. The number of hydrogen-bond donors (Lipinski definition) is 0. The van der Waals surface area contributed by atoms with E-state index in [0.717, 1.165) is 18.8 Å². The summed E-state index contributed by atoms with van der Waals surface area (Å²) in [6, 6.07) is 0. The first-order valence-corrected chi connectivity index (χ1v) is 8.15. The molecule has 0 saturated heterocycles. The Labute approximate surface area is 120 Å². The van der Waals surface area contributed by atoms with Crippen LogP contribution in [0, 0.1) is 17.3 Å². The van der Waals surface area contributed by atoms with Crippen LogP contribution in [0.1, 0.15) is 73.1 Å². The Morgan fingerprint density at radius 1 is 1.16 bits per heavy atom. The molecule has 2 fully saturated rings. The molecule has 19 heavy (non-hydrogen) atoms. The highest BCUT2D eigenvalue weighted by Gasteiger charge is 2.50. The Bertz CT molecular complexity index is 254. The molecular weight excluding hydrogens is 234 g/mol. The maximum absolute atomic E-state index is 11.7. The van der Waals surface area contributed by atoms with Gasteiger partial charge in [-0.3, -0.25) is 4.79 Å². The maximum atomic E-state index is 11.7. The number of carbonyl (C=O) groups is 1. The summed E-state index contributed by atoms with van der Waals surface area (Å²) in [5, 5.41) is 0. The zero-order chi connectivity index (χ0) is 15.1. The van der Waals surface area contributed by atoms with E-state index >= 15 is 0 Å². The van der Waals surface area contributed by atoms with Crippen molar-refractivity contribution in [2.24, 2.45) is 17.3 Å². The van der Waals surface area contributed by atoms with E-state index in [1.54, 1.807) is 4.90 Å². The molecule has 2 heteroatoms. The van der Waals surface area contributed by atoms with Crippen LogP contribution in [0.3, 0.4) is 0 Å². The number of amides is 1. The SMILES string of the molecule is CC.CC1CCC2(C1)CC(C(=O)N(C)C)C2.CCC. The number of rotatable bonds is 1. The van der Waals surface area contributed by atoms with Gasteiger partial charge in [0.2, 0.25) is 5.91 Å². The van der Waals surface area contributed by atoms with Crippen LogP contribution in [-0.2, 0) is 4.79 Å². The highest BCUT2D eigenvalue weighted by Crippen LogP contribution is 2.57. The zero-order valence-corrected chi connectivity index (χ0v) is 14.3. The number of hydrogen-bond acceptors (Lipinski definition) is 1. The van der Waals surface area contributed by atoms with Gasteiger partial charge in [-0.1, -0.05) is 47.5 Å². The van der Waals surface area contributed by atoms with Gasteiger partial charge in [0.25, 0.3) is 0 Å². The van der Waals surface area contributed by atoms with E-state index in [9.17, 15) is 4.79 Å². The van der Waals surface area contributed by atoms with Crippen molar-refractivity contribution in [2.75, 3.05) is 14.1 Å². The summed E-state index contributed by atoms with van der Waals surface area (Å²) in [4.78, 5) is 13.4. The van der Waals surface area contributed by atoms with E-state index in [-0.39, 0.29) is 0 Å². The van der Waals surface area contributed by atoms with Gasteiger partial charge < -0.3 is 4.90 Å². The molecule has 0 bridgehead atoms. The Morgan fingerprint density at radius 3 is 1.95 bits per heavy atom. The summed E-state index contributed by atoms with van der Waals surface area (Å²) in [5.74, 6) is 1.58. The zero-order valence-electron chi connectivity index (χ0n) is 14.3. The lowest BCUT2D eigenvalue weighted by Gasteiger charge is -2.45. The largest absolute Gasteiger partial charge is 0.349 e. The van der Waals surface area contributed by atoms with Gasteiger partial charge in [0.15, 0.2) is 0 Å². The monoisotopic (exact) mass is 269 g/mol. The Morgan fingerprint density at radius 2 is 1.63 bits per heavy atom. The molecule has 0 radical (unpaired) electrons. The Kier molecular flexibility index (Phi) is 8.36. The van der Waals surface area contributed by atoms with Crippen LogP contribution < -0.4 is 0 Å². The molecule has 0 aliphatic heterocycles. The lowest BCUT2D eigenvalue weighted by atomic mass is 9.60. The molecule has 2 rings (SSSR count). The second-order valence-electron chi connectivity index (χ2n) is 6.39. The minimum absolute atomic E-state index is 0.343. The fraction of sp³-hybridized carbons (Fsp3) is 0.941. The highest BCUT2D eigenvalue weighted by molar-refractivity contribution is 5.79. The molecule has 2 aliphatic carbocycles. The van der Waals surface area contributed by atoms with Crippen molar-refractivity contribution in [3.63, 3.8) is 0 Å². The lowest BCUT2D eigenvalue weighted by molar-refractivity contribution is -0.140. The van der Waals surface area contributed by atoms with Gasteiger partial charge in [0.05, 0.1) is 0 Å². The Balaban J connectivity index is 0.000000573. The fourth-order valence-electron chi connectivity index (χ4n) is 3.39. The third kappa shape index (κ3) is 5.16. The molecule has 0 aromatic heterocycles. The average Bonchev–Trinajstić information content (AvgIpc) is 2.72. The van der Waals surface area contributed by atoms with Gasteiger partial charge in [-0.25, -0.2) is 0 Å². The van der Waals surface area contributed by atoms with Crippen LogP contribution in [0.25, 0.3) is 0 Å². The third-order valence-corrected chi connectivity index (χ3v) is 4.10. The predicted molar refractivity (Wildman–Crippen MR) is 84.2 cm³/mol. The van der Waals surface area contributed by atoms with E-state index < -0.39 is 0 Å². The van der Waals surface area contributed by atoms with Crippen molar-refractivity contribution in [1.29, 1.82) is 0 Å². The van der Waals surface area contributed by atoms with E-state index in [2.05, 4.69) is 20.8 Å². The smallest absolute Gasteiger partial charge is 0.225 e. The first kappa shape index (κ1) is 18.5. The lowest BCUT2D eigenvalue weighted by Crippen LogP contribution is -2.43. The first-order chi connectivity index (χ1) is 8.94. The first-order valence-electron chi connectivity index (χ1n) is 8.15. The second-order valence-corrected chi connectivity index (χ2v) is 6.39. The summed E-state index contributed by atoms with van der Waals surface area (Å²) in [5.41, 5.74) is 0.579. The molecule has 2 nitrogen and oxygen atoms in total. The second kappa shape index (κ2) is 8.60. The molecular formula is C17H35NO. The highest BCUT2D eigenvalue weighted by atomic mass is 16.2. The molecule has 0 N–H and O–H groups in total. The molecule has 1 amide bonds. The Hall–Kier alpha value is -0.530. The average molecular weight is 269 g/mol. The van der Waals surface area contributed by atoms with Crippen molar-refractivity contribution in [3.8, 4) is 0 Å². The van der Waals surface area contributed by atoms with Crippen LogP contribution in [0.15, 0.2) is 0 Å². The van der Waals surface area contributed by atoms with Crippen molar-refractivity contribution in [2.45, 2.75) is 73.1 Å². The van der Waals surface area contributed by atoms with Crippen LogP contribution in [0.5, 0.6) is 0 Å². The minimum atomic E-state index is 0.343. The molecule has 2 aliphatic rings. The summed E-state index contributed by atoms with van der Waals surface area (Å²) in [6.07, 6.45) is 7.68. The summed E-state index contributed by atoms with van der Waals surface area (Å²) in [7, 11) is 3.73. The van der Waals surface area contributed by atoms with Crippen LogP contribution in [0.4, 0.5) is 0 Å². The summed E-state index contributed by atoms with van der Waals surface area (Å²) < 4.78 is 0. The van der Waals surface area contributed by atoms with Crippen LogP contribution >= 0.6 is 0 Å². The topological polar surface area (TPSA) is 20.3 Å².